The van der Waals surface area contributed by atoms with Crippen LogP contribution in [0.15, 0.2) is 10.7 Å². The molecule has 3 aliphatic rings. The van der Waals surface area contributed by atoms with Crippen molar-refractivity contribution in [1.29, 1.82) is 5.26 Å². The number of nitrogens with two attached hydrogens (primary N) is 1. The van der Waals surface area contributed by atoms with Crippen LogP contribution in [0, 0.1) is 17.3 Å². The number of hydrogen-bond acceptors (Lipinski definition) is 9. The molecule has 1 fully saturated rings. The van der Waals surface area contributed by atoms with Crippen molar-refractivity contribution in [2.45, 2.75) is 75.8 Å². The first-order valence-corrected chi connectivity index (χ1v) is 14.2. The molecule has 0 aromatic carbocycles. The zero-order valence-corrected chi connectivity index (χ0v) is 22.3. The number of nitrogens with zero attached hydrogens (tertiary/aromatic N) is 7. The van der Waals surface area contributed by atoms with E-state index in [4.69, 9.17) is 15.2 Å². The first kappa shape index (κ1) is 23.7. The van der Waals surface area contributed by atoms with Crippen LogP contribution in [0.25, 0.3) is 22.6 Å². The second-order valence-electron chi connectivity index (χ2n) is 11.0. The third-order valence-electron chi connectivity index (χ3n) is 8.99. The maximum atomic E-state index is 14.9. The quantitative estimate of drug-likeness (QED) is 0.401. The molecule has 3 atom stereocenters. The van der Waals surface area contributed by atoms with Gasteiger partial charge in [-0.2, -0.15) is 9.65 Å². The molecule has 9 nitrogen and oxygen atoms in total. The molecule has 0 amide bonds. The molecular weight excluding hydrogens is 503 g/mol. The molecule has 1 spiro atoms. The molecular formula is C27H29FN8OS. The number of rotatable bonds is 3. The van der Waals surface area contributed by atoms with E-state index in [1.807, 2.05) is 0 Å². The Balaban J connectivity index is 1.35. The smallest absolute Gasteiger partial charge is 0.243 e. The number of fused-ring (bicyclic) bond motifs is 5. The summed E-state index contributed by atoms with van der Waals surface area (Å²) >= 11 is 1.53. The molecule has 0 saturated carbocycles. The van der Waals surface area contributed by atoms with E-state index in [1.54, 1.807) is 4.68 Å². The summed E-state index contributed by atoms with van der Waals surface area (Å²) in [6.45, 7) is 3.09. The highest BCUT2D eigenvalue weighted by atomic mass is 32.1. The summed E-state index contributed by atoms with van der Waals surface area (Å²) in [6, 6.07) is 2.59. The summed E-state index contributed by atoms with van der Waals surface area (Å²) < 4.78 is 22.7. The highest BCUT2D eigenvalue weighted by Gasteiger charge is 2.48. The lowest BCUT2D eigenvalue weighted by molar-refractivity contribution is 0.230. The Kier molecular flexibility index (Phi) is 5.36. The fourth-order valence-electron chi connectivity index (χ4n) is 7.21. The summed E-state index contributed by atoms with van der Waals surface area (Å²) in [5.74, 6) is 0.654. The van der Waals surface area contributed by atoms with E-state index >= 15 is 0 Å². The first-order chi connectivity index (χ1) is 18.4. The summed E-state index contributed by atoms with van der Waals surface area (Å²) in [7, 11) is 2.10. The fourth-order valence-corrected chi connectivity index (χ4v) is 8.37. The van der Waals surface area contributed by atoms with Crippen LogP contribution in [-0.2, 0) is 18.3 Å². The van der Waals surface area contributed by atoms with Gasteiger partial charge in [0.2, 0.25) is 5.95 Å². The van der Waals surface area contributed by atoms with Gasteiger partial charge in [0, 0.05) is 22.7 Å². The first-order valence-electron chi connectivity index (χ1n) is 13.3. The number of aromatic nitrogens is 5. The van der Waals surface area contributed by atoms with Crippen LogP contribution < -0.4 is 5.73 Å². The number of anilines is 1. The summed E-state index contributed by atoms with van der Waals surface area (Å²) in [6.07, 6.45) is 9.07. The number of aryl methyl sites for hydroxylation is 1. The van der Waals surface area contributed by atoms with Gasteiger partial charge in [-0.15, -0.1) is 16.4 Å². The van der Waals surface area contributed by atoms with Gasteiger partial charge in [0.05, 0.1) is 22.4 Å². The van der Waals surface area contributed by atoms with Crippen LogP contribution in [0.3, 0.4) is 0 Å². The Labute approximate surface area is 223 Å². The van der Waals surface area contributed by atoms with Crippen LogP contribution in [0.5, 0.6) is 0 Å². The lowest BCUT2D eigenvalue weighted by Crippen LogP contribution is -2.35. The van der Waals surface area contributed by atoms with Gasteiger partial charge in [-0.3, -0.25) is 0 Å². The lowest BCUT2D eigenvalue weighted by Gasteiger charge is -2.39. The summed E-state index contributed by atoms with van der Waals surface area (Å²) in [4.78, 5) is 12.8. The number of halogens is 1. The van der Waals surface area contributed by atoms with Gasteiger partial charge in [-0.1, -0.05) is 5.16 Å². The third kappa shape index (κ3) is 3.23. The highest BCUT2D eigenvalue weighted by molar-refractivity contribution is 7.16. The number of thiophene rings is 1. The van der Waals surface area contributed by atoms with Gasteiger partial charge >= 0.3 is 0 Å². The van der Waals surface area contributed by atoms with E-state index in [2.05, 4.69) is 40.2 Å². The Hall–Kier alpha value is -3.36. The highest BCUT2D eigenvalue weighted by Crippen LogP contribution is 2.55. The predicted molar refractivity (Wildman–Crippen MR) is 141 cm³/mol. The molecule has 1 saturated heterocycles. The molecule has 1 aliphatic heterocycles. The second kappa shape index (κ2) is 8.58. The Morgan fingerprint density at radius 1 is 1.29 bits per heavy atom. The van der Waals surface area contributed by atoms with Gasteiger partial charge in [-0.05, 0) is 77.4 Å². The predicted octanol–water partition coefficient (Wildman–Crippen LogP) is 4.75. The van der Waals surface area contributed by atoms with E-state index in [-0.39, 0.29) is 12.1 Å². The van der Waals surface area contributed by atoms with Crippen molar-refractivity contribution in [2.24, 2.45) is 0 Å². The largest absolute Gasteiger partial charge is 0.389 e. The normalized spacial score (nSPS) is 24.0. The van der Waals surface area contributed by atoms with E-state index in [0.29, 0.717) is 33.1 Å². The van der Waals surface area contributed by atoms with Crippen LogP contribution in [0.1, 0.15) is 78.8 Å². The minimum atomic E-state index is -0.561. The van der Waals surface area contributed by atoms with E-state index in [9.17, 15) is 9.65 Å². The van der Waals surface area contributed by atoms with E-state index in [0.717, 1.165) is 74.8 Å². The lowest BCUT2D eigenvalue weighted by atomic mass is 9.63. The van der Waals surface area contributed by atoms with Crippen LogP contribution in [0.2, 0.25) is 0 Å². The number of nitrogen functional groups attached to an aromatic ring is 1. The van der Waals surface area contributed by atoms with Crippen molar-refractivity contribution >= 4 is 27.4 Å². The standard InChI is InChI=1S/C27H29FN8OS/c1-14(18-7-5-11-35(18)2)36-26-17(23(28)33-36)13-31-25(32-26)21-15-6-3-9-27(22(15)37-34-21)10-4-8-19-20(27)16(12-29)24(30)38-19/h13-14,18H,3-11,30H2,1-2H3/t14-,18-,27-/m0/s1. The third-order valence-corrected chi connectivity index (χ3v) is 10.1. The van der Waals surface area contributed by atoms with Crippen molar-refractivity contribution in [2.75, 3.05) is 19.3 Å². The van der Waals surface area contributed by atoms with Crippen molar-refractivity contribution in [1.82, 2.24) is 29.8 Å². The molecule has 0 unspecified atom stereocenters. The maximum absolute atomic E-state index is 14.9. The molecule has 0 bridgehead atoms. The monoisotopic (exact) mass is 532 g/mol. The molecule has 4 aromatic heterocycles. The molecule has 196 valence electrons. The average molecular weight is 533 g/mol. The zero-order valence-electron chi connectivity index (χ0n) is 21.5. The van der Waals surface area contributed by atoms with Gasteiger partial charge in [0.1, 0.15) is 11.1 Å². The molecule has 38 heavy (non-hydrogen) atoms. The zero-order chi connectivity index (χ0) is 26.2. The fraction of sp³-hybridized carbons (Fsp3) is 0.519. The molecule has 0 radical (unpaired) electrons. The van der Waals surface area contributed by atoms with Crippen molar-refractivity contribution in [3.05, 3.63) is 39.5 Å². The molecule has 7 rings (SSSR count). The van der Waals surface area contributed by atoms with E-state index in [1.165, 1.54) is 22.4 Å². The minimum Gasteiger partial charge on any atom is -0.389 e. The average Bonchev–Trinajstić information content (AvgIpc) is 3.68. The van der Waals surface area contributed by atoms with E-state index < -0.39 is 11.4 Å². The van der Waals surface area contributed by atoms with Crippen molar-refractivity contribution < 1.29 is 8.91 Å². The topological polar surface area (TPSA) is 123 Å². The SMILES string of the molecule is C[C@@H]([C@@H]1CCCN1C)n1nc(F)c2cnc(-c3noc4c3CCC[C@@]43CCCc4sc(N)c(C#N)c43)nc21. The van der Waals surface area contributed by atoms with Crippen LogP contribution in [-0.4, -0.2) is 49.4 Å². The maximum Gasteiger partial charge on any atom is 0.243 e. The van der Waals surface area contributed by atoms with Gasteiger partial charge in [-0.25, -0.2) is 14.6 Å². The Morgan fingerprint density at radius 2 is 2.11 bits per heavy atom. The van der Waals surface area contributed by atoms with Crippen molar-refractivity contribution in [3.8, 4) is 17.6 Å². The number of likely N-dealkylation sites (tertiary alicyclic amines) is 1. The molecule has 4 aromatic rings. The summed E-state index contributed by atoms with van der Waals surface area (Å²) in [5.41, 5.74) is 9.52. The number of likely N-dealkylation sites (N-methyl/N-ethyl adjacent to an activating group) is 1. The van der Waals surface area contributed by atoms with Gasteiger partial charge < -0.3 is 15.2 Å². The Morgan fingerprint density at radius 3 is 2.87 bits per heavy atom. The van der Waals surface area contributed by atoms with Crippen molar-refractivity contribution in [3.63, 3.8) is 0 Å². The second-order valence-corrected chi connectivity index (χ2v) is 12.1. The minimum absolute atomic E-state index is 0.0409. The molecule has 11 heteroatoms. The van der Waals surface area contributed by atoms with Gasteiger partial charge in [0.25, 0.3) is 0 Å². The number of hydrogen-bond donors (Lipinski definition) is 1. The number of nitriles is 1. The molecule has 5 heterocycles. The molecule has 2 aliphatic carbocycles. The summed E-state index contributed by atoms with van der Waals surface area (Å²) in [5, 5.41) is 19.5. The molecule has 2 N–H and O–H groups in total. The van der Waals surface area contributed by atoms with Crippen LogP contribution in [0.4, 0.5) is 9.39 Å². The Bertz CT molecular complexity index is 1610. The van der Waals surface area contributed by atoms with Gasteiger partial charge in [0.15, 0.2) is 22.9 Å². The van der Waals surface area contributed by atoms with Crippen LogP contribution >= 0.6 is 11.3 Å².